The number of hydrogen-bond acceptors (Lipinski definition) is 4. The maximum absolute atomic E-state index is 12.6. The highest BCUT2D eigenvalue weighted by atomic mass is 16.2. The molecule has 0 bridgehead atoms. The van der Waals surface area contributed by atoms with E-state index < -0.39 is 0 Å². The van der Waals surface area contributed by atoms with Crippen LogP contribution in [0.1, 0.15) is 38.7 Å². The van der Waals surface area contributed by atoms with Gasteiger partial charge in [0.2, 0.25) is 11.8 Å². The Labute approximate surface area is 168 Å². The summed E-state index contributed by atoms with van der Waals surface area (Å²) >= 11 is 0. The quantitative estimate of drug-likeness (QED) is 0.784. The van der Waals surface area contributed by atoms with Gasteiger partial charge in [-0.2, -0.15) is 0 Å². The predicted octanol–water partition coefficient (Wildman–Crippen LogP) is 1.93. The molecular formula is C22H34N4O2. The lowest BCUT2D eigenvalue weighted by Gasteiger charge is -2.37. The fourth-order valence-electron chi connectivity index (χ4n) is 4.24. The molecule has 0 unspecified atom stereocenters. The smallest absolute Gasteiger partial charge is 0.237 e. The second kappa shape index (κ2) is 9.41. The molecule has 6 nitrogen and oxygen atoms in total. The standard InChI is InChI=1S/C22H34N4O2/c1-16(2)15-26-12-9-23-22(28)20(26)14-21(27)24-18-7-10-25(11-8-18)19-6-4-5-17(3)13-19/h4-6,13,16,18,20H,7-12,14-15H2,1-3H3,(H,23,28)(H,24,27)/t20-/m0/s1. The summed E-state index contributed by atoms with van der Waals surface area (Å²) in [6.45, 7) is 10.6. The molecule has 1 atom stereocenters. The number of benzene rings is 1. The van der Waals surface area contributed by atoms with Gasteiger partial charge >= 0.3 is 0 Å². The molecule has 2 aliphatic rings. The Morgan fingerprint density at radius 2 is 2.00 bits per heavy atom. The zero-order valence-corrected chi connectivity index (χ0v) is 17.4. The molecule has 3 rings (SSSR count). The van der Waals surface area contributed by atoms with Crippen molar-refractivity contribution in [3.8, 4) is 0 Å². The van der Waals surface area contributed by atoms with Gasteiger partial charge in [0.25, 0.3) is 0 Å². The third kappa shape index (κ3) is 5.47. The predicted molar refractivity (Wildman–Crippen MR) is 112 cm³/mol. The highest BCUT2D eigenvalue weighted by molar-refractivity contribution is 5.88. The summed E-state index contributed by atoms with van der Waals surface area (Å²) in [4.78, 5) is 29.5. The number of anilines is 1. The first kappa shape index (κ1) is 20.6. The fourth-order valence-corrected chi connectivity index (χ4v) is 4.24. The van der Waals surface area contributed by atoms with Crippen LogP contribution >= 0.6 is 0 Å². The largest absolute Gasteiger partial charge is 0.371 e. The summed E-state index contributed by atoms with van der Waals surface area (Å²) in [5.74, 6) is 0.448. The number of nitrogens with one attached hydrogen (secondary N) is 2. The van der Waals surface area contributed by atoms with E-state index in [0.29, 0.717) is 12.5 Å². The summed E-state index contributed by atoms with van der Waals surface area (Å²) in [6, 6.07) is 8.42. The maximum Gasteiger partial charge on any atom is 0.237 e. The fraction of sp³-hybridized carbons (Fsp3) is 0.636. The van der Waals surface area contributed by atoms with Crippen molar-refractivity contribution in [2.75, 3.05) is 37.6 Å². The molecule has 2 aliphatic heterocycles. The van der Waals surface area contributed by atoms with Crippen LogP contribution in [0.5, 0.6) is 0 Å². The number of piperazine rings is 1. The van der Waals surface area contributed by atoms with E-state index in [1.54, 1.807) is 0 Å². The van der Waals surface area contributed by atoms with E-state index in [4.69, 9.17) is 0 Å². The van der Waals surface area contributed by atoms with Crippen molar-refractivity contribution in [1.29, 1.82) is 0 Å². The molecule has 2 fully saturated rings. The Balaban J connectivity index is 1.49. The van der Waals surface area contributed by atoms with Gasteiger partial charge in [-0.3, -0.25) is 14.5 Å². The van der Waals surface area contributed by atoms with Gasteiger partial charge in [0, 0.05) is 44.5 Å². The van der Waals surface area contributed by atoms with Crippen LogP contribution in [0.4, 0.5) is 5.69 Å². The highest BCUT2D eigenvalue weighted by Gasteiger charge is 2.32. The molecule has 0 saturated carbocycles. The average molecular weight is 387 g/mol. The topological polar surface area (TPSA) is 64.7 Å². The monoisotopic (exact) mass is 386 g/mol. The minimum absolute atomic E-state index is 0.00943. The summed E-state index contributed by atoms with van der Waals surface area (Å²) in [6.07, 6.45) is 2.12. The molecule has 0 radical (unpaired) electrons. The zero-order chi connectivity index (χ0) is 20.1. The van der Waals surface area contributed by atoms with Gasteiger partial charge < -0.3 is 15.5 Å². The van der Waals surface area contributed by atoms with Crippen LogP contribution in [0.3, 0.4) is 0 Å². The third-order valence-corrected chi connectivity index (χ3v) is 5.65. The van der Waals surface area contributed by atoms with E-state index in [0.717, 1.165) is 39.0 Å². The first-order valence-corrected chi connectivity index (χ1v) is 10.5. The van der Waals surface area contributed by atoms with Crippen LogP contribution in [-0.4, -0.2) is 61.5 Å². The number of carbonyl (C=O) groups is 2. The molecule has 6 heteroatoms. The molecule has 0 spiro atoms. The van der Waals surface area contributed by atoms with E-state index in [1.165, 1.54) is 11.3 Å². The number of carbonyl (C=O) groups excluding carboxylic acids is 2. The molecule has 2 saturated heterocycles. The molecule has 1 aromatic rings. The maximum atomic E-state index is 12.6. The van der Waals surface area contributed by atoms with E-state index in [2.05, 4.69) is 65.5 Å². The normalized spacial score (nSPS) is 21.6. The van der Waals surface area contributed by atoms with Crippen molar-refractivity contribution < 1.29 is 9.59 Å². The van der Waals surface area contributed by atoms with E-state index in [9.17, 15) is 9.59 Å². The molecule has 0 aromatic heterocycles. The number of nitrogens with zero attached hydrogens (tertiary/aromatic N) is 2. The van der Waals surface area contributed by atoms with Crippen molar-refractivity contribution in [1.82, 2.24) is 15.5 Å². The molecule has 28 heavy (non-hydrogen) atoms. The van der Waals surface area contributed by atoms with Crippen LogP contribution in [-0.2, 0) is 9.59 Å². The lowest BCUT2D eigenvalue weighted by Crippen LogP contribution is -2.57. The van der Waals surface area contributed by atoms with Gasteiger partial charge in [-0.05, 0) is 43.4 Å². The molecule has 154 valence electrons. The number of piperidine rings is 1. The van der Waals surface area contributed by atoms with Crippen LogP contribution in [0, 0.1) is 12.8 Å². The van der Waals surface area contributed by atoms with E-state index >= 15 is 0 Å². The number of aryl methyl sites for hydroxylation is 1. The van der Waals surface area contributed by atoms with Crippen molar-refractivity contribution in [2.45, 2.75) is 52.1 Å². The summed E-state index contributed by atoms with van der Waals surface area (Å²) in [7, 11) is 0. The molecule has 2 heterocycles. The Bertz CT molecular complexity index is 683. The Morgan fingerprint density at radius 1 is 1.25 bits per heavy atom. The van der Waals surface area contributed by atoms with Crippen LogP contribution in [0.25, 0.3) is 0 Å². The molecule has 2 amide bonds. The minimum Gasteiger partial charge on any atom is -0.371 e. The zero-order valence-electron chi connectivity index (χ0n) is 17.4. The van der Waals surface area contributed by atoms with Gasteiger partial charge in [0.15, 0.2) is 0 Å². The third-order valence-electron chi connectivity index (χ3n) is 5.65. The Morgan fingerprint density at radius 3 is 2.68 bits per heavy atom. The first-order valence-electron chi connectivity index (χ1n) is 10.5. The highest BCUT2D eigenvalue weighted by Crippen LogP contribution is 2.21. The minimum atomic E-state index is -0.344. The SMILES string of the molecule is Cc1cccc(N2CCC(NC(=O)C[C@H]3C(=O)NCCN3CC(C)C)CC2)c1. The van der Waals surface area contributed by atoms with Crippen molar-refractivity contribution in [3.63, 3.8) is 0 Å². The number of amides is 2. The van der Waals surface area contributed by atoms with Gasteiger partial charge in [0.05, 0.1) is 12.5 Å². The second-order valence-electron chi connectivity index (χ2n) is 8.57. The van der Waals surface area contributed by atoms with E-state index in [-0.39, 0.29) is 30.3 Å². The Kier molecular flexibility index (Phi) is 6.94. The summed E-state index contributed by atoms with van der Waals surface area (Å²) < 4.78 is 0. The number of rotatable bonds is 6. The Hall–Kier alpha value is -2.08. The van der Waals surface area contributed by atoms with Crippen LogP contribution in [0.15, 0.2) is 24.3 Å². The van der Waals surface area contributed by atoms with Gasteiger partial charge in [0.1, 0.15) is 0 Å². The summed E-state index contributed by atoms with van der Waals surface area (Å²) in [5, 5.41) is 6.08. The van der Waals surface area contributed by atoms with Gasteiger partial charge in [-0.1, -0.05) is 26.0 Å². The van der Waals surface area contributed by atoms with Crippen molar-refractivity contribution in [2.24, 2.45) is 5.92 Å². The van der Waals surface area contributed by atoms with Crippen molar-refractivity contribution in [3.05, 3.63) is 29.8 Å². The van der Waals surface area contributed by atoms with Crippen LogP contribution in [0.2, 0.25) is 0 Å². The lowest BCUT2D eigenvalue weighted by atomic mass is 10.0. The molecule has 0 aliphatic carbocycles. The molecule has 1 aromatic carbocycles. The van der Waals surface area contributed by atoms with Gasteiger partial charge in [-0.25, -0.2) is 0 Å². The van der Waals surface area contributed by atoms with Crippen LogP contribution < -0.4 is 15.5 Å². The average Bonchev–Trinajstić information content (AvgIpc) is 2.65. The van der Waals surface area contributed by atoms with Gasteiger partial charge in [-0.15, -0.1) is 0 Å². The number of hydrogen-bond donors (Lipinski definition) is 2. The second-order valence-corrected chi connectivity index (χ2v) is 8.57. The molecular weight excluding hydrogens is 352 g/mol. The van der Waals surface area contributed by atoms with E-state index in [1.807, 2.05) is 0 Å². The first-order chi connectivity index (χ1) is 13.4. The van der Waals surface area contributed by atoms with Crippen molar-refractivity contribution >= 4 is 17.5 Å². The lowest BCUT2D eigenvalue weighted by molar-refractivity contribution is -0.134. The molecule has 2 N–H and O–H groups in total. The summed E-state index contributed by atoms with van der Waals surface area (Å²) in [5.41, 5.74) is 2.53.